The van der Waals surface area contributed by atoms with Crippen molar-refractivity contribution in [2.45, 2.75) is 134 Å². The van der Waals surface area contributed by atoms with Crippen LogP contribution in [-0.4, -0.2) is 135 Å². The molecule has 0 aromatic heterocycles. The molecule has 0 spiro atoms. The van der Waals surface area contributed by atoms with Crippen LogP contribution in [0.5, 0.6) is 0 Å². The summed E-state index contributed by atoms with van der Waals surface area (Å²) in [6.45, 7) is 14.2. The van der Waals surface area contributed by atoms with Crippen molar-refractivity contribution in [2.24, 2.45) is 0 Å². The van der Waals surface area contributed by atoms with Gasteiger partial charge in [0.15, 0.2) is 36.3 Å². The molecule has 0 aliphatic carbocycles. The first-order chi connectivity index (χ1) is 32.9. The normalized spacial score (nSPS) is 28.1. The van der Waals surface area contributed by atoms with Gasteiger partial charge in [0, 0.05) is 6.92 Å². The van der Waals surface area contributed by atoms with Crippen LogP contribution in [0.2, 0.25) is 0 Å². The number of hydrogen-bond donors (Lipinski definition) is 2. The van der Waals surface area contributed by atoms with Gasteiger partial charge in [-0.1, -0.05) is 78.4 Å². The van der Waals surface area contributed by atoms with Crippen LogP contribution < -0.4 is 10.6 Å². The van der Waals surface area contributed by atoms with Crippen LogP contribution in [0, 0.1) is 13.8 Å². The van der Waals surface area contributed by atoms with Gasteiger partial charge in [0.2, 0.25) is 5.91 Å². The maximum Gasteiger partial charge on any atom is 0.408 e. The SMILES string of the molecule is C=CCOC(=O)[C@H](CO[C@H]1O[C@@H]2COC(C)(C)O[C@@H]2[C@H](O[C@@H]2O[C@H](COC(=O)c3ccc(C)cc3)[C@@H]3OC(C)(C)O[C@@H]3[C@H]2OC(=O)c2ccc(C)cc2)[C@H]1NC(C)=O)NC(=O)OCc1ccccc1. The number of aryl methyl sites for hydroxylation is 2. The molecule has 7 rings (SSSR count). The molecule has 4 heterocycles. The average molecular weight is 961 g/mol. The standard InChI is InChI=1S/C50H60N2O17/c1-9-23-58-45(56)34(52-48(57)61-24-31-13-11-10-12-14-31)25-60-46-37(51-30(4)53)40(38-36(63-46)27-62-49(5,6)67-38)66-47-42(65-44(55)33-21-17-29(3)18-22-33)41-39(68-50(7,8)69-41)35(64-47)26-59-43(54)32-19-15-28(2)16-20-32/h9-22,34-42,46-47H,1,23-27H2,2-8H3,(H,51,53)(H,52,57)/t34-,35+,36+,37+,38-,39-,40+,41-,42+,46-,47-/m0/s1. The molecule has 0 radical (unpaired) electrons. The molecule has 4 aliphatic rings. The number of amides is 2. The number of carbonyl (C=O) groups excluding carboxylic acids is 5. The quantitative estimate of drug-likeness (QED) is 0.106. The predicted octanol–water partition coefficient (Wildman–Crippen LogP) is 4.74. The van der Waals surface area contributed by atoms with Gasteiger partial charge in [-0.05, 0) is 71.4 Å². The first kappa shape index (κ1) is 51.1. The van der Waals surface area contributed by atoms with E-state index in [1.807, 2.05) is 19.9 Å². The molecular formula is C50H60N2O17. The molecule has 0 unspecified atom stereocenters. The minimum Gasteiger partial charge on any atom is -0.460 e. The van der Waals surface area contributed by atoms with Crippen molar-refractivity contribution in [1.82, 2.24) is 10.6 Å². The predicted molar refractivity (Wildman–Crippen MR) is 241 cm³/mol. The molecule has 4 saturated heterocycles. The summed E-state index contributed by atoms with van der Waals surface area (Å²) in [6.07, 6.45) is -10.2. The number of ether oxygens (including phenoxy) is 12. The summed E-state index contributed by atoms with van der Waals surface area (Å²) in [5.41, 5.74) is 3.11. The Hall–Kier alpha value is -5.77. The van der Waals surface area contributed by atoms with Gasteiger partial charge in [0.1, 0.15) is 62.5 Å². The Bertz CT molecular complexity index is 2270. The third-order valence-electron chi connectivity index (χ3n) is 11.5. The summed E-state index contributed by atoms with van der Waals surface area (Å²) in [6, 6.07) is 19.8. The zero-order chi connectivity index (χ0) is 49.5. The lowest BCUT2D eigenvalue weighted by Crippen LogP contribution is -2.71. The fourth-order valence-corrected chi connectivity index (χ4v) is 8.20. The van der Waals surface area contributed by atoms with Gasteiger partial charge in [-0.15, -0.1) is 0 Å². The fourth-order valence-electron chi connectivity index (χ4n) is 8.20. The van der Waals surface area contributed by atoms with Crippen molar-refractivity contribution in [2.75, 3.05) is 26.4 Å². The molecule has 0 bridgehead atoms. The Labute approximate surface area is 400 Å². The highest BCUT2D eigenvalue weighted by molar-refractivity contribution is 5.90. The number of esters is 3. The van der Waals surface area contributed by atoms with Crippen LogP contribution in [0.25, 0.3) is 0 Å². The second kappa shape index (κ2) is 22.3. The van der Waals surface area contributed by atoms with Crippen molar-refractivity contribution < 1.29 is 80.8 Å². The third-order valence-corrected chi connectivity index (χ3v) is 11.5. The fraction of sp³-hybridized carbons (Fsp3) is 0.500. The highest BCUT2D eigenvalue weighted by atomic mass is 16.8. The van der Waals surface area contributed by atoms with Crippen molar-refractivity contribution in [3.05, 3.63) is 119 Å². The van der Waals surface area contributed by atoms with E-state index < -0.39 is 115 Å². The molecule has 19 nitrogen and oxygen atoms in total. The number of alkyl carbamates (subject to hydrolysis) is 1. The van der Waals surface area contributed by atoms with Gasteiger partial charge in [-0.2, -0.15) is 0 Å². The molecule has 4 aliphatic heterocycles. The van der Waals surface area contributed by atoms with E-state index in [1.165, 1.54) is 13.0 Å². The zero-order valence-electron chi connectivity index (χ0n) is 39.6. The number of fused-ring (bicyclic) bond motifs is 2. The molecule has 11 atom stereocenters. The molecule has 2 N–H and O–H groups in total. The minimum atomic E-state index is -1.53. The summed E-state index contributed by atoms with van der Waals surface area (Å²) in [5.74, 6) is -5.20. The lowest BCUT2D eigenvalue weighted by Gasteiger charge is -2.52. The van der Waals surface area contributed by atoms with Crippen LogP contribution in [-0.2, 0) is 73.0 Å². The van der Waals surface area contributed by atoms with E-state index in [1.54, 1.807) is 100 Å². The smallest absolute Gasteiger partial charge is 0.408 e. The van der Waals surface area contributed by atoms with E-state index in [-0.39, 0.29) is 32.0 Å². The minimum absolute atomic E-state index is 0.0518. The number of nitrogens with one attached hydrogen (secondary N) is 2. The number of benzene rings is 3. The summed E-state index contributed by atoms with van der Waals surface area (Å²) in [5, 5.41) is 5.35. The Morgan fingerprint density at radius 2 is 1.39 bits per heavy atom. The Morgan fingerprint density at radius 3 is 2.04 bits per heavy atom. The van der Waals surface area contributed by atoms with Crippen LogP contribution in [0.3, 0.4) is 0 Å². The van der Waals surface area contributed by atoms with Gasteiger partial charge in [-0.3, -0.25) is 4.79 Å². The molecule has 4 fully saturated rings. The first-order valence-electron chi connectivity index (χ1n) is 22.7. The zero-order valence-corrected chi connectivity index (χ0v) is 39.6. The van der Waals surface area contributed by atoms with Crippen LogP contribution in [0.4, 0.5) is 4.79 Å². The highest BCUT2D eigenvalue weighted by Gasteiger charge is 2.60. The third kappa shape index (κ3) is 13.3. The lowest BCUT2D eigenvalue weighted by molar-refractivity contribution is -0.391. The van der Waals surface area contributed by atoms with Crippen LogP contribution in [0.15, 0.2) is 91.5 Å². The maximum atomic E-state index is 14.0. The second-order valence-corrected chi connectivity index (χ2v) is 18.0. The highest BCUT2D eigenvalue weighted by Crippen LogP contribution is 2.42. The number of hydrogen-bond acceptors (Lipinski definition) is 17. The molecule has 3 aromatic carbocycles. The van der Waals surface area contributed by atoms with E-state index in [0.717, 1.165) is 11.1 Å². The monoisotopic (exact) mass is 960 g/mol. The summed E-state index contributed by atoms with van der Waals surface area (Å²) < 4.78 is 74.3. The van der Waals surface area contributed by atoms with E-state index >= 15 is 0 Å². The topological polar surface area (TPSA) is 220 Å². The van der Waals surface area contributed by atoms with Gasteiger partial charge >= 0.3 is 24.0 Å². The maximum absolute atomic E-state index is 14.0. The van der Waals surface area contributed by atoms with Gasteiger partial charge in [0.25, 0.3) is 0 Å². The van der Waals surface area contributed by atoms with E-state index in [2.05, 4.69) is 17.2 Å². The molecular weight excluding hydrogens is 901 g/mol. The van der Waals surface area contributed by atoms with Gasteiger partial charge in [0.05, 0.1) is 24.3 Å². The lowest BCUT2D eigenvalue weighted by atomic mass is 9.94. The van der Waals surface area contributed by atoms with Crippen molar-refractivity contribution in [1.29, 1.82) is 0 Å². The molecule has 69 heavy (non-hydrogen) atoms. The van der Waals surface area contributed by atoms with E-state index in [9.17, 15) is 24.0 Å². The average Bonchev–Trinajstić information content (AvgIpc) is 3.65. The van der Waals surface area contributed by atoms with E-state index in [4.69, 9.17) is 56.8 Å². The van der Waals surface area contributed by atoms with Gasteiger partial charge in [-0.25, -0.2) is 19.2 Å². The van der Waals surface area contributed by atoms with Crippen molar-refractivity contribution in [3.8, 4) is 0 Å². The van der Waals surface area contributed by atoms with Gasteiger partial charge < -0.3 is 67.5 Å². The van der Waals surface area contributed by atoms with Crippen LogP contribution in [0.1, 0.15) is 72.0 Å². The first-order valence-corrected chi connectivity index (χ1v) is 22.7. The Morgan fingerprint density at radius 1 is 0.754 bits per heavy atom. The second-order valence-electron chi connectivity index (χ2n) is 18.0. The van der Waals surface area contributed by atoms with E-state index in [0.29, 0.717) is 11.1 Å². The summed E-state index contributed by atoms with van der Waals surface area (Å²) in [4.78, 5) is 66.9. The Balaban J connectivity index is 1.20. The number of rotatable bonds is 17. The summed E-state index contributed by atoms with van der Waals surface area (Å²) >= 11 is 0. The van der Waals surface area contributed by atoms with Crippen molar-refractivity contribution in [3.63, 3.8) is 0 Å². The molecule has 19 heteroatoms. The van der Waals surface area contributed by atoms with Crippen LogP contribution >= 0.6 is 0 Å². The Kier molecular flexibility index (Phi) is 16.5. The molecule has 372 valence electrons. The molecule has 0 saturated carbocycles. The van der Waals surface area contributed by atoms with Crippen molar-refractivity contribution >= 4 is 29.9 Å². The molecule has 3 aromatic rings. The summed E-state index contributed by atoms with van der Waals surface area (Å²) in [7, 11) is 0. The largest absolute Gasteiger partial charge is 0.460 e. The molecule has 2 amide bonds. The number of carbonyl (C=O) groups is 5.